The van der Waals surface area contributed by atoms with Crippen LogP contribution in [0, 0.1) is 20.8 Å². The number of ether oxygens (including phenoxy) is 1. The van der Waals surface area contributed by atoms with Crippen molar-refractivity contribution in [2.45, 2.75) is 20.8 Å². The van der Waals surface area contributed by atoms with E-state index in [9.17, 15) is 4.79 Å². The van der Waals surface area contributed by atoms with Crippen molar-refractivity contribution >= 4 is 33.1 Å². The second-order valence-corrected chi connectivity index (χ2v) is 8.13. The molecule has 0 fully saturated rings. The number of fused-ring (bicyclic) bond motifs is 1. The quantitative estimate of drug-likeness (QED) is 0.452. The highest BCUT2D eigenvalue weighted by Gasteiger charge is 2.11. The lowest BCUT2D eigenvalue weighted by Crippen LogP contribution is -2.20. The lowest BCUT2D eigenvalue weighted by atomic mass is 10.1. The first-order valence-electron chi connectivity index (χ1n) is 9.46. The Morgan fingerprint density at radius 3 is 2.55 bits per heavy atom. The molecule has 29 heavy (non-hydrogen) atoms. The van der Waals surface area contributed by atoms with Crippen molar-refractivity contribution in [1.82, 2.24) is 4.98 Å². The van der Waals surface area contributed by atoms with Crippen LogP contribution in [0.1, 0.15) is 16.7 Å². The molecular formula is C24H22N2O2S. The van der Waals surface area contributed by atoms with E-state index in [0.717, 1.165) is 37.6 Å². The van der Waals surface area contributed by atoms with Crippen LogP contribution in [-0.2, 0) is 4.79 Å². The molecule has 1 heterocycles. The van der Waals surface area contributed by atoms with Gasteiger partial charge in [0.2, 0.25) is 0 Å². The Kier molecular flexibility index (Phi) is 5.32. The number of benzene rings is 3. The van der Waals surface area contributed by atoms with Crippen molar-refractivity contribution in [3.8, 4) is 16.3 Å². The molecule has 0 saturated carbocycles. The van der Waals surface area contributed by atoms with Gasteiger partial charge in [0.1, 0.15) is 10.8 Å². The van der Waals surface area contributed by atoms with Crippen LogP contribution < -0.4 is 10.1 Å². The van der Waals surface area contributed by atoms with Crippen molar-refractivity contribution in [3.05, 3.63) is 77.4 Å². The van der Waals surface area contributed by atoms with Gasteiger partial charge in [-0.15, -0.1) is 11.3 Å². The minimum atomic E-state index is -0.187. The van der Waals surface area contributed by atoms with E-state index in [1.54, 1.807) is 11.3 Å². The Hall–Kier alpha value is -3.18. The fourth-order valence-corrected chi connectivity index (χ4v) is 3.99. The van der Waals surface area contributed by atoms with Gasteiger partial charge >= 0.3 is 0 Å². The smallest absolute Gasteiger partial charge is 0.262 e. The molecule has 0 saturated heterocycles. The zero-order valence-corrected chi connectivity index (χ0v) is 17.5. The molecule has 4 aromatic rings. The van der Waals surface area contributed by atoms with E-state index >= 15 is 0 Å². The maximum atomic E-state index is 12.4. The molecule has 4 rings (SSSR count). The van der Waals surface area contributed by atoms with E-state index in [0.29, 0.717) is 5.75 Å². The van der Waals surface area contributed by atoms with E-state index in [1.165, 1.54) is 5.56 Å². The fraction of sp³-hybridized carbons (Fsp3) is 0.167. The number of rotatable bonds is 5. The SMILES string of the molecule is Cc1ccc(OCC(=O)Nc2cc(-c3nc4ccccc4s3)ccc2C)cc1C. The van der Waals surface area contributed by atoms with E-state index in [2.05, 4.69) is 11.4 Å². The molecule has 1 N–H and O–H groups in total. The Bertz CT molecular complexity index is 1160. The van der Waals surface area contributed by atoms with Gasteiger partial charge in [0.25, 0.3) is 5.91 Å². The molecule has 4 nitrogen and oxygen atoms in total. The van der Waals surface area contributed by atoms with E-state index < -0.39 is 0 Å². The van der Waals surface area contributed by atoms with Gasteiger partial charge in [0, 0.05) is 11.3 Å². The highest BCUT2D eigenvalue weighted by atomic mass is 32.1. The lowest BCUT2D eigenvalue weighted by Gasteiger charge is -2.11. The highest BCUT2D eigenvalue weighted by molar-refractivity contribution is 7.21. The number of para-hydroxylation sites is 1. The second kappa shape index (κ2) is 8.05. The lowest BCUT2D eigenvalue weighted by molar-refractivity contribution is -0.118. The number of thiazole rings is 1. The summed E-state index contributed by atoms with van der Waals surface area (Å²) in [5, 5.41) is 3.90. The van der Waals surface area contributed by atoms with Crippen LogP contribution in [0.5, 0.6) is 5.75 Å². The van der Waals surface area contributed by atoms with E-state index in [4.69, 9.17) is 9.72 Å². The zero-order chi connectivity index (χ0) is 20.4. The van der Waals surface area contributed by atoms with E-state index in [1.807, 2.05) is 75.4 Å². The summed E-state index contributed by atoms with van der Waals surface area (Å²) in [5.74, 6) is 0.510. The number of nitrogens with one attached hydrogen (secondary N) is 1. The summed E-state index contributed by atoms with van der Waals surface area (Å²) < 4.78 is 6.80. The summed E-state index contributed by atoms with van der Waals surface area (Å²) in [6.07, 6.45) is 0. The van der Waals surface area contributed by atoms with Gasteiger partial charge in [0.05, 0.1) is 10.2 Å². The summed E-state index contributed by atoms with van der Waals surface area (Å²) >= 11 is 1.65. The van der Waals surface area contributed by atoms with Gasteiger partial charge in [-0.2, -0.15) is 0 Å². The molecule has 146 valence electrons. The van der Waals surface area contributed by atoms with Crippen molar-refractivity contribution in [3.63, 3.8) is 0 Å². The Labute approximate surface area is 174 Å². The minimum Gasteiger partial charge on any atom is -0.484 e. The molecule has 0 atom stereocenters. The van der Waals surface area contributed by atoms with Crippen LogP contribution in [0.3, 0.4) is 0 Å². The van der Waals surface area contributed by atoms with Gasteiger partial charge in [0.15, 0.2) is 6.61 Å². The molecule has 0 bridgehead atoms. The summed E-state index contributed by atoms with van der Waals surface area (Å²) in [7, 11) is 0. The second-order valence-electron chi connectivity index (χ2n) is 7.10. The number of amides is 1. The predicted molar refractivity (Wildman–Crippen MR) is 120 cm³/mol. The molecule has 1 aromatic heterocycles. The van der Waals surface area contributed by atoms with Crippen LogP contribution >= 0.6 is 11.3 Å². The topological polar surface area (TPSA) is 51.2 Å². The third-order valence-electron chi connectivity index (χ3n) is 4.90. The zero-order valence-electron chi connectivity index (χ0n) is 16.7. The molecule has 0 radical (unpaired) electrons. The van der Waals surface area contributed by atoms with Crippen molar-refractivity contribution in [1.29, 1.82) is 0 Å². The van der Waals surface area contributed by atoms with Crippen LogP contribution in [-0.4, -0.2) is 17.5 Å². The van der Waals surface area contributed by atoms with Gasteiger partial charge in [-0.1, -0.05) is 30.3 Å². The Balaban J connectivity index is 1.48. The first-order valence-corrected chi connectivity index (χ1v) is 10.3. The van der Waals surface area contributed by atoms with Crippen LogP contribution in [0.4, 0.5) is 5.69 Å². The molecule has 0 unspecified atom stereocenters. The largest absolute Gasteiger partial charge is 0.484 e. The van der Waals surface area contributed by atoms with Crippen LogP contribution in [0.25, 0.3) is 20.8 Å². The molecule has 0 aliphatic carbocycles. The number of carbonyl (C=O) groups is 1. The molecule has 0 aliphatic rings. The maximum Gasteiger partial charge on any atom is 0.262 e. The van der Waals surface area contributed by atoms with Gasteiger partial charge in [-0.05, 0) is 67.8 Å². The van der Waals surface area contributed by atoms with Crippen molar-refractivity contribution in [2.24, 2.45) is 0 Å². The number of hydrogen-bond acceptors (Lipinski definition) is 4. The highest BCUT2D eigenvalue weighted by Crippen LogP contribution is 2.32. The maximum absolute atomic E-state index is 12.4. The monoisotopic (exact) mass is 402 g/mol. The average Bonchev–Trinajstić information content (AvgIpc) is 3.15. The number of aryl methyl sites for hydroxylation is 3. The molecule has 0 spiro atoms. The summed E-state index contributed by atoms with van der Waals surface area (Å²) in [6.45, 7) is 6.02. The average molecular weight is 403 g/mol. The van der Waals surface area contributed by atoms with Crippen molar-refractivity contribution in [2.75, 3.05) is 11.9 Å². The van der Waals surface area contributed by atoms with E-state index in [-0.39, 0.29) is 12.5 Å². The van der Waals surface area contributed by atoms with Crippen LogP contribution in [0.15, 0.2) is 60.7 Å². The normalized spacial score (nSPS) is 10.9. The number of aromatic nitrogens is 1. The number of nitrogens with zero attached hydrogens (tertiary/aromatic N) is 1. The standard InChI is InChI=1S/C24H22N2O2S/c1-15-9-11-19(12-17(15)3)28-14-23(27)25-21-13-18(10-8-16(21)2)24-26-20-6-4-5-7-22(20)29-24/h4-13H,14H2,1-3H3,(H,25,27). The Morgan fingerprint density at radius 1 is 0.966 bits per heavy atom. The molecule has 0 aliphatic heterocycles. The number of hydrogen-bond donors (Lipinski definition) is 1. The minimum absolute atomic E-state index is 0.0344. The summed E-state index contributed by atoms with van der Waals surface area (Å²) in [6, 6.07) is 19.9. The van der Waals surface area contributed by atoms with Crippen LogP contribution in [0.2, 0.25) is 0 Å². The predicted octanol–water partition coefficient (Wildman–Crippen LogP) is 5.91. The molecule has 3 aromatic carbocycles. The van der Waals surface area contributed by atoms with Gasteiger partial charge in [-0.3, -0.25) is 4.79 Å². The molecule has 5 heteroatoms. The first kappa shape index (κ1) is 19.2. The molecule has 1 amide bonds. The first-order chi connectivity index (χ1) is 14.0. The van der Waals surface area contributed by atoms with Gasteiger partial charge < -0.3 is 10.1 Å². The third kappa shape index (κ3) is 4.30. The summed E-state index contributed by atoms with van der Waals surface area (Å²) in [4.78, 5) is 17.1. The molecular weight excluding hydrogens is 380 g/mol. The van der Waals surface area contributed by atoms with Gasteiger partial charge in [-0.25, -0.2) is 4.98 Å². The third-order valence-corrected chi connectivity index (χ3v) is 5.99. The Morgan fingerprint density at radius 2 is 1.76 bits per heavy atom. The summed E-state index contributed by atoms with van der Waals surface area (Å²) in [5.41, 5.74) is 6.08. The fourth-order valence-electron chi connectivity index (χ4n) is 3.02. The number of carbonyl (C=O) groups excluding carboxylic acids is 1. The van der Waals surface area contributed by atoms with Crippen molar-refractivity contribution < 1.29 is 9.53 Å². The number of anilines is 1.